The van der Waals surface area contributed by atoms with E-state index in [1.54, 1.807) is 0 Å². The molecule has 0 aromatic carbocycles. The molecule has 1 rings (SSSR count). The Kier molecular flexibility index (Phi) is 4.60. The number of nitrogens with zero attached hydrogens (tertiary/aromatic N) is 1. The normalized spacial score (nSPS) is 13.8. The Morgan fingerprint density at radius 1 is 1.39 bits per heavy atom. The Balaban J connectivity index is 3.16. The lowest BCUT2D eigenvalue weighted by Gasteiger charge is -2.17. The first-order valence-corrected chi connectivity index (χ1v) is 5.10. The third-order valence-electron chi connectivity index (χ3n) is 2.16. The Labute approximate surface area is 107 Å². The smallest absolute Gasteiger partial charge is 0.354 e. The first-order chi connectivity index (χ1) is 8.38. The van der Waals surface area contributed by atoms with Crippen molar-refractivity contribution in [2.75, 3.05) is 7.11 Å². The zero-order chi connectivity index (χ0) is 13.9. The molecule has 0 bridgehead atoms. The number of hydrogen-bond donors (Lipinski definition) is 3. The van der Waals surface area contributed by atoms with Crippen LogP contribution in [0.25, 0.3) is 0 Å². The second-order valence-corrected chi connectivity index (χ2v) is 3.68. The highest BCUT2D eigenvalue weighted by molar-refractivity contribution is 6.29. The highest BCUT2D eigenvalue weighted by Gasteiger charge is 2.30. The maximum atomic E-state index is 11.0. The van der Waals surface area contributed by atoms with Crippen LogP contribution in [0.2, 0.25) is 5.15 Å². The van der Waals surface area contributed by atoms with Gasteiger partial charge in [-0.3, -0.25) is 0 Å². The maximum Gasteiger partial charge on any atom is 0.354 e. The van der Waals surface area contributed by atoms with Crippen LogP contribution in [-0.4, -0.2) is 45.5 Å². The van der Waals surface area contributed by atoms with Crippen LogP contribution in [-0.2, 0) is 9.53 Å². The Morgan fingerprint density at radius 3 is 2.50 bits per heavy atom. The van der Waals surface area contributed by atoms with Crippen LogP contribution in [0.5, 0.6) is 0 Å². The van der Waals surface area contributed by atoms with Gasteiger partial charge < -0.3 is 20.1 Å². The standard InChI is InChI=1S/C10H10ClNO6/c1-18-10(17)8(14)7(13)4-2-3-5(11)12-6(4)9(15)16/h2-3,7-8,13-14H,1H3,(H,15,16). The average Bonchev–Trinajstić information content (AvgIpc) is 2.35. The molecule has 2 atom stereocenters. The third-order valence-corrected chi connectivity index (χ3v) is 2.37. The number of carboxylic acids is 1. The zero-order valence-corrected chi connectivity index (χ0v) is 9.96. The topological polar surface area (TPSA) is 117 Å². The first kappa shape index (κ1) is 14.4. The fourth-order valence-electron chi connectivity index (χ4n) is 1.28. The van der Waals surface area contributed by atoms with Crippen LogP contribution in [0.1, 0.15) is 22.2 Å². The van der Waals surface area contributed by atoms with Gasteiger partial charge in [0.25, 0.3) is 0 Å². The Hall–Kier alpha value is -1.70. The summed E-state index contributed by atoms with van der Waals surface area (Å²) >= 11 is 5.52. The lowest BCUT2D eigenvalue weighted by atomic mass is 10.0. The van der Waals surface area contributed by atoms with E-state index in [4.69, 9.17) is 16.7 Å². The number of aromatic carboxylic acids is 1. The van der Waals surface area contributed by atoms with Gasteiger partial charge in [0.2, 0.25) is 0 Å². The van der Waals surface area contributed by atoms with Crippen molar-refractivity contribution in [1.29, 1.82) is 0 Å². The van der Waals surface area contributed by atoms with Gasteiger partial charge in [-0.2, -0.15) is 0 Å². The molecule has 98 valence electrons. The van der Waals surface area contributed by atoms with E-state index in [0.29, 0.717) is 0 Å². The first-order valence-electron chi connectivity index (χ1n) is 4.72. The molecule has 0 saturated heterocycles. The molecule has 0 aliphatic carbocycles. The largest absolute Gasteiger partial charge is 0.476 e. The van der Waals surface area contributed by atoms with E-state index in [2.05, 4.69) is 9.72 Å². The van der Waals surface area contributed by atoms with Crippen LogP contribution in [0, 0.1) is 0 Å². The summed E-state index contributed by atoms with van der Waals surface area (Å²) in [7, 11) is 1.02. The van der Waals surface area contributed by atoms with E-state index >= 15 is 0 Å². The minimum absolute atomic E-state index is 0.0871. The molecule has 0 aliphatic rings. The molecular formula is C10H10ClNO6. The van der Waals surface area contributed by atoms with Crippen molar-refractivity contribution in [1.82, 2.24) is 4.98 Å². The van der Waals surface area contributed by atoms with Gasteiger partial charge in [-0.1, -0.05) is 17.7 Å². The summed E-state index contributed by atoms with van der Waals surface area (Å²) in [6.07, 6.45) is -3.68. The zero-order valence-electron chi connectivity index (χ0n) is 9.20. The monoisotopic (exact) mass is 275 g/mol. The minimum atomic E-state index is -1.91. The lowest BCUT2D eigenvalue weighted by Crippen LogP contribution is -2.30. The number of aliphatic hydroxyl groups is 2. The van der Waals surface area contributed by atoms with E-state index in [1.165, 1.54) is 6.07 Å². The summed E-state index contributed by atoms with van der Waals surface area (Å²) in [5, 5.41) is 28.0. The lowest BCUT2D eigenvalue weighted by molar-refractivity contribution is -0.156. The van der Waals surface area contributed by atoms with Crippen molar-refractivity contribution in [3.05, 3.63) is 28.5 Å². The van der Waals surface area contributed by atoms with Crippen molar-refractivity contribution in [2.24, 2.45) is 0 Å². The van der Waals surface area contributed by atoms with Gasteiger partial charge >= 0.3 is 11.9 Å². The molecule has 1 aromatic rings. The van der Waals surface area contributed by atoms with Crippen LogP contribution in [0.3, 0.4) is 0 Å². The van der Waals surface area contributed by atoms with Gasteiger partial charge in [0.1, 0.15) is 11.3 Å². The van der Waals surface area contributed by atoms with Gasteiger partial charge in [0.15, 0.2) is 11.8 Å². The fraction of sp³-hybridized carbons (Fsp3) is 0.300. The molecule has 8 heteroatoms. The number of carbonyl (C=O) groups excluding carboxylic acids is 1. The van der Waals surface area contributed by atoms with Gasteiger partial charge in [-0.05, 0) is 6.07 Å². The number of rotatable bonds is 4. The van der Waals surface area contributed by atoms with Crippen molar-refractivity contribution >= 4 is 23.5 Å². The molecule has 0 aliphatic heterocycles. The van der Waals surface area contributed by atoms with Crippen molar-refractivity contribution in [2.45, 2.75) is 12.2 Å². The molecule has 2 unspecified atom stereocenters. The number of carboxylic acid groups (broad SMARTS) is 1. The van der Waals surface area contributed by atoms with Crippen LogP contribution >= 0.6 is 11.6 Å². The predicted octanol–water partition coefficient (Wildman–Crippen LogP) is 0.000500. The van der Waals surface area contributed by atoms with Gasteiger partial charge in [0, 0.05) is 5.56 Å². The molecule has 0 fully saturated rings. The highest BCUT2D eigenvalue weighted by atomic mass is 35.5. The molecule has 0 amide bonds. The van der Waals surface area contributed by atoms with Crippen LogP contribution < -0.4 is 0 Å². The van der Waals surface area contributed by atoms with E-state index in [-0.39, 0.29) is 10.7 Å². The summed E-state index contributed by atoms with van der Waals surface area (Å²) < 4.78 is 4.24. The van der Waals surface area contributed by atoms with Gasteiger partial charge in [0.05, 0.1) is 7.11 Å². The van der Waals surface area contributed by atoms with Crippen LogP contribution in [0.15, 0.2) is 12.1 Å². The summed E-state index contributed by atoms with van der Waals surface area (Å²) in [5.74, 6) is -2.53. The van der Waals surface area contributed by atoms with Crippen molar-refractivity contribution in [3.63, 3.8) is 0 Å². The predicted molar refractivity (Wildman–Crippen MR) is 59.2 cm³/mol. The average molecular weight is 276 g/mol. The van der Waals surface area contributed by atoms with E-state index < -0.39 is 29.8 Å². The maximum absolute atomic E-state index is 11.0. The van der Waals surface area contributed by atoms with Crippen LogP contribution in [0.4, 0.5) is 0 Å². The molecule has 0 spiro atoms. The van der Waals surface area contributed by atoms with Gasteiger partial charge in [-0.25, -0.2) is 14.6 Å². The Morgan fingerprint density at radius 2 is 2.00 bits per heavy atom. The number of ether oxygens (including phenoxy) is 1. The second kappa shape index (κ2) is 5.76. The number of hydrogen-bond acceptors (Lipinski definition) is 6. The molecule has 18 heavy (non-hydrogen) atoms. The molecule has 1 heterocycles. The van der Waals surface area contributed by atoms with E-state index in [0.717, 1.165) is 13.2 Å². The molecule has 1 aromatic heterocycles. The SMILES string of the molecule is COC(=O)C(O)C(O)c1ccc(Cl)nc1C(=O)O. The quantitative estimate of drug-likeness (QED) is 0.523. The van der Waals surface area contributed by atoms with E-state index in [9.17, 15) is 19.8 Å². The van der Waals surface area contributed by atoms with Gasteiger partial charge in [-0.15, -0.1) is 0 Å². The Bertz CT molecular complexity index is 477. The number of methoxy groups -OCH3 is 1. The number of aromatic nitrogens is 1. The second-order valence-electron chi connectivity index (χ2n) is 3.29. The van der Waals surface area contributed by atoms with Crippen molar-refractivity contribution < 1.29 is 29.6 Å². The number of halogens is 1. The molecule has 0 radical (unpaired) electrons. The number of esters is 1. The summed E-state index contributed by atoms with van der Waals surface area (Å²) in [6.45, 7) is 0. The number of carbonyl (C=O) groups is 2. The number of aliphatic hydroxyl groups excluding tert-OH is 2. The summed E-state index contributed by atoms with van der Waals surface area (Å²) in [4.78, 5) is 25.5. The fourth-order valence-corrected chi connectivity index (χ4v) is 1.42. The number of pyridine rings is 1. The third kappa shape index (κ3) is 2.95. The minimum Gasteiger partial charge on any atom is -0.476 e. The molecular weight excluding hydrogens is 266 g/mol. The molecule has 0 saturated carbocycles. The highest BCUT2D eigenvalue weighted by Crippen LogP contribution is 2.22. The van der Waals surface area contributed by atoms with E-state index in [1.807, 2.05) is 0 Å². The molecule has 3 N–H and O–H groups in total. The summed E-state index contributed by atoms with van der Waals surface area (Å²) in [5.41, 5.74) is -0.775. The van der Waals surface area contributed by atoms with Crippen molar-refractivity contribution in [3.8, 4) is 0 Å². The summed E-state index contributed by atoms with van der Waals surface area (Å²) in [6, 6.07) is 2.40. The molecule has 7 nitrogen and oxygen atoms in total.